The van der Waals surface area contributed by atoms with Crippen molar-refractivity contribution >= 4 is 29.5 Å². The number of nitrogens with zero attached hydrogens (tertiary/aromatic N) is 1. The Morgan fingerprint density at radius 3 is 2.36 bits per heavy atom. The van der Waals surface area contributed by atoms with Crippen LogP contribution in [0.5, 0.6) is 0 Å². The Morgan fingerprint density at radius 2 is 1.71 bits per heavy atom. The zero-order valence-electron chi connectivity index (χ0n) is 15.8. The lowest BCUT2D eigenvalue weighted by atomic mass is 10.1. The fourth-order valence-electron chi connectivity index (χ4n) is 2.30. The second-order valence-electron chi connectivity index (χ2n) is 5.86. The Hall–Kier alpha value is -3.00. The molecule has 0 aliphatic carbocycles. The van der Waals surface area contributed by atoms with Crippen molar-refractivity contribution in [1.82, 2.24) is 16.0 Å². The molecule has 0 spiro atoms. The van der Waals surface area contributed by atoms with Crippen molar-refractivity contribution in [1.29, 1.82) is 0 Å². The highest BCUT2D eigenvalue weighted by molar-refractivity contribution is 7.99. The molecule has 28 heavy (non-hydrogen) atoms. The van der Waals surface area contributed by atoms with Gasteiger partial charge in [0.05, 0.1) is 6.54 Å². The van der Waals surface area contributed by atoms with Crippen LogP contribution in [0.1, 0.15) is 15.9 Å². The molecule has 0 atom stereocenters. The molecular weight excluding hydrogens is 374 g/mol. The van der Waals surface area contributed by atoms with Crippen LogP contribution in [0, 0.1) is 0 Å². The van der Waals surface area contributed by atoms with E-state index in [1.807, 2.05) is 30.3 Å². The second kappa shape index (κ2) is 11.7. The molecule has 0 saturated carbocycles. The van der Waals surface area contributed by atoms with Gasteiger partial charge < -0.3 is 21.7 Å². The Kier molecular flexibility index (Phi) is 8.87. The molecule has 0 aliphatic heterocycles. The van der Waals surface area contributed by atoms with Gasteiger partial charge in [0, 0.05) is 36.3 Å². The minimum atomic E-state index is -0.574. The third-order valence-corrected chi connectivity index (χ3v) is 4.74. The van der Waals surface area contributed by atoms with Gasteiger partial charge in [0.25, 0.3) is 5.91 Å². The molecule has 8 heteroatoms. The zero-order chi connectivity index (χ0) is 20.2. The summed E-state index contributed by atoms with van der Waals surface area (Å²) in [5, 5.41) is 8.98. The van der Waals surface area contributed by atoms with Gasteiger partial charge in [-0.05, 0) is 29.8 Å². The summed E-state index contributed by atoms with van der Waals surface area (Å²) in [6, 6.07) is 17.4. The van der Waals surface area contributed by atoms with Crippen molar-refractivity contribution in [2.45, 2.75) is 11.4 Å². The zero-order valence-corrected chi connectivity index (χ0v) is 16.6. The number of amides is 2. The molecule has 148 valence electrons. The van der Waals surface area contributed by atoms with Crippen molar-refractivity contribution < 1.29 is 9.59 Å². The number of thioether (sulfide) groups is 1. The van der Waals surface area contributed by atoms with Gasteiger partial charge in [0.2, 0.25) is 5.91 Å². The van der Waals surface area contributed by atoms with Crippen molar-refractivity contribution in [2.24, 2.45) is 10.7 Å². The highest BCUT2D eigenvalue weighted by atomic mass is 32.2. The predicted octanol–water partition coefficient (Wildman–Crippen LogP) is 1.36. The average molecular weight is 400 g/mol. The Balaban J connectivity index is 1.72. The Labute approximate surface area is 169 Å². The van der Waals surface area contributed by atoms with Crippen LogP contribution >= 0.6 is 11.8 Å². The summed E-state index contributed by atoms with van der Waals surface area (Å²) in [7, 11) is 1.73. The Morgan fingerprint density at radius 1 is 1.00 bits per heavy atom. The average Bonchev–Trinajstić information content (AvgIpc) is 2.72. The molecule has 0 heterocycles. The summed E-state index contributed by atoms with van der Waals surface area (Å²) in [5.74, 6) is 0.749. The van der Waals surface area contributed by atoms with E-state index >= 15 is 0 Å². The van der Waals surface area contributed by atoms with E-state index in [4.69, 9.17) is 5.73 Å². The van der Waals surface area contributed by atoms with Gasteiger partial charge in [-0.3, -0.25) is 14.6 Å². The standard InChI is InChI=1S/C20H25N5O2S/c1-22-20(23-11-12-28-17-5-3-2-4-6-17)25-13-15-7-9-16(10-8-15)19(27)24-14-18(21)26/h2-10H,11-14H2,1H3,(H2,21,26)(H,24,27)(H2,22,23,25). The number of hydrogen-bond acceptors (Lipinski definition) is 4. The van der Waals surface area contributed by atoms with Crippen molar-refractivity contribution in [3.05, 3.63) is 65.7 Å². The molecule has 0 fully saturated rings. The molecular formula is C20H25N5O2S. The minimum absolute atomic E-state index is 0.174. The smallest absolute Gasteiger partial charge is 0.251 e. The molecule has 2 amide bonds. The maximum Gasteiger partial charge on any atom is 0.251 e. The summed E-state index contributed by atoms with van der Waals surface area (Å²) in [6.45, 7) is 1.19. The van der Waals surface area contributed by atoms with Gasteiger partial charge in [-0.2, -0.15) is 0 Å². The normalized spacial score (nSPS) is 11.0. The number of benzene rings is 2. The molecule has 5 N–H and O–H groups in total. The van der Waals surface area contributed by atoms with Gasteiger partial charge in [-0.15, -0.1) is 11.8 Å². The third-order valence-electron chi connectivity index (χ3n) is 3.73. The van der Waals surface area contributed by atoms with Crippen LogP contribution in [-0.4, -0.2) is 43.7 Å². The fourth-order valence-corrected chi connectivity index (χ4v) is 3.09. The summed E-state index contributed by atoms with van der Waals surface area (Å²) in [4.78, 5) is 28.0. The Bertz CT molecular complexity index is 794. The maximum absolute atomic E-state index is 11.9. The van der Waals surface area contributed by atoms with Crippen LogP contribution in [0.25, 0.3) is 0 Å². The van der Waals surface area contributed by atoms with Crippen LogP contribution in [-0.2, 0) is 11.3 Å². The number of primary amides is 1. The first-order valence-electron chi connectivity index (χ1n) is 8.86. The highest BCUT2D eigenvalue weighted by Crippen LogP contribution is 2.15. The van der Waals surface area contributed by atoms with Gasteiger partial charge in [0.1, 0.15) is 0 Å². The monoisotopic (exact) mass is 399 g/mol. The van der Waals surface area contributed by atoms with Gasteiger partial charge in [-0.1, -0.05) is 30.3 Å². The molecule has 2 aromatic rings. The number of nitrogens with two attached hydrogens (primary N) is 1. The number of aliphatic imine (C=N–C) groups is 1. The highest BCUT2D eigenvalue weighted by Gasteiger charge is 2.06. The topological polar surface area (TPSA) is 109 Å². The number of carbonyl (C=O) groups excluding carboxylic acids is 2. The number of rotatable bonds is 9. The van der Waals surface area contributed by atoms with Crippen LogP contribution in [0.2, 0.25) is 0 Å². The molecule has 0 radical (unpaired) electrons. The van der Waals surface area contributed by atoms with Crippen molar-refractivity contribution in [2.75, 3.05) is 25.9 Å². The van der Waals surface area contributed by atoms with Crippen molar-refractivity contribution in [3.63, 3.8) is 0 Å². The second-order valence-corrected chi connectivity index (χ2v) is 7.03. The van der Waals surface area contributed by atoms with E-state index in [0.717, 1.165) is 23.8 Å². The molecule has 7 nitrogen and oxygen atoms in total. The first-order chi connectivity index (χ1) is 13.6. The van der Waals surface area contributed by atoms with Crippen molar-refractivity contribution in [3.8, 4) is 0 Å². The number of nitrogens with one attached hydrogen (secondary N) is 3. The van der Waals surface area contributed by atoms with E-state index in [-0.39, 0.29) is 12.5 Å². The van der Waals surface area contributed by atoms with Crippen LogP contribution in [0.15, 0.2) is 64.5 Å². The first-order valence-corrected chi connectivity index (χ1v) is 9.85. The van der Waals surface area contributed by atoms with Gasteiger partial charge in [-0.25, -0.2) is 0 Å². The van der Waals surface area contributed by atoms with E-state index in [0.29, 0.717) is 12.1 Å². The van der Waals surface area contributed by atoms with Crippen LogP contribution in [0.4, 0.5) is 0 Å². The molecule has 0 aromatic heterocycles. The molecule has 0 unspecified atom stereocenters. The van der Waals surface area contributed by atoms with Crippen LogP contribution < -0.4 is 21.7 Å². The van der Waals surface area contributed by atoms with E-state index in [9.17, 15) is 9.59 Å². The molecule has 0 bridgehead atoms. The van der Waals surface area contributed by atoms with E-state index in [1.165, 1.54) is 4.90 Å². The summed E-state index contributed by atoms with van der Waals surface area (Å²) >= 11 is 1.79. The molecule has 2 rings (SSSR count). The van der Waals surface area contributed by atoms with Crippen LogP contribution in [0.3, 0.4) is 0 Å². The quantitative estimate of drug-likeness (QED) is 0.220. The van der Waals surface area contributed by atoms with Gasteiger partial charge in [0.15, 0.2) is 5.96 Å². The summed E-state index contributed by atoms with van der Waals surface area (Å²) in [6.07, 6.45) is 0. The van der Waals surface area contributed by atoms with E-state index < -0.39 is 5.91 Å². The number of hydrogen-bond donors (Lipinski definition) is 4. The summed E-state index contributed by atoms with van der Waals surface area (Å²) < 4.78 is 0. The molecule has 0 aliphatic rings. The van der Waals surface area contributed by atoms with E-state index in [1.54, 1.807) is 30.9 Å². The van der Waals surface area contributed by atoms with E-state index in [2.05, 4.69) is 33.1 Å². The number of carbonyl (C=O) groups is 2. The lowest BCUT2D eigenvalue weighted by molar-refractivity contribution is -0.117. The first kappa shape index (κ1) is 21.3. The number of guanidine groups is 1. The van der Waals surface area contributed by atoms with Gasteiger partial charge >= 0.3 is 0 Å². The fraction of sp³-hybridized carbons (Fsp3) is 0.250. The lowest BCUT2D eigenvalue weighted by Crippen LogP contribution is -2.38. The summed E-state index contributed by atoms with van der Waals surface area (Å²) in [5.41, 5.74) is 6.50. The largest absolute Gasteiger partial charge is 0.368 e. The SMILES string of the molecule is CN=C(NCCSc1ccccc1)NCc1ccc(C(=O)NCC(N)=O)cc1. The molecule has 2 aromatic carbocycles. The lowest BCUT2D eigenvalue weighted by Gasteiger charge is -2.12. The maximum atomic E-state index is 11.9. The molecule has 0 saturated heterocycles. The minimum Gasteiger partial charge on any atom is -0.368 e. The third kappa shape index (κ3) is 7.71. The predicted molar refractivity (Wildman–Crippen MR) is 113 cm³/mol.